The highest BCUT2D eigenvalue weighted by Crippen LogP contribution is 2.17. The molecule has 1 saturated heterocycles. The van der Waals surface area contributed by atoms with Crippen molar-refractivity contribution in [2.45, 2.75) is 13.0 Å². The van der Waals surface area contributed by atoms with Crippen LogP contribution in [0.2, 0.25) is 5.02 Å². The van der Waals surface area contributed by atoms with Crippen molar-refractivity contribution in [2.24, 2.45) is 0 Å². The lowest BCUT2D eigenvalue weighted by Crippen LogP contribution is -2.42. The highest BCUT2D eigenvalue weighted by molar-refractivity contribution is 6.31. The van der Waals surface area contributed by atoms with Crippen molar-refractivity contribution in [3.63, 3.8) is 0 Å². The number of aromatic nitrogens is 2. The Balaban J connectivity index is 1.63. The average molecular weight is 293 g/mol. The first-order chi connectivity index (χ1) is 9.81. The van der Waals surface area contributed by atoms with Crippen LogP contribution in [0.15, 0.2) is 28.8 Å². The molecule has 1 aromatic carbocycles. The largest absolute Gasteiger partial charge is 0.338 e. The van der Waals surface area contributed by atoms with Gasteiger partial charge in [0.1, 0.15) is 0 Å². The number of nitrogens with zero attached hydrogens (tertiary/aromatic N) is 3. The van der Waals surface area contributed by atoms with Gasteiger partial charge >= 0.3 is 0 Å². The van der Waals surface area contributed by atoms with Gasteiger partial charge in [0.05, 0.1) is 6.54 Å². The molecule has 3 rings (SSSR count). The number of rotatable bonds is 4. The van der Waals surface area contributed by atoms with Crippen molar-refractivity contribution in [3.8, 4) is 0 Å². The van der Waals surface area contributed by atoms with Gasteiger partial charge in [0.25, 0.3) is 0 Å². The third-order valence-electron chi connectivity index (χ3n) is 3.39. The Morgan fingerprint density at radius 3 is 2.85 bits per heavy atom. The number of hydrogen-bond donors (Lipinski definition) is 1. The fraction of sp³-hybridized carbons (Fsp3) is 0.429. The van der Waals surface area contributed by atoms with Crippen LogP contribution < -0.4 is 5.32 Å². The lowest BCUT2D eigenvalue weighted by molar-refractivity contribution is 0.203. The summed E-state index contributed by atoms with van der Waals surface area (Å²) >= 11 is 6.14. The molecule has 1 aromatic heterocycles. The smallest absolute Gasteiger partial charge is 0.240 e. The maximum atomic E-state index is 6.14. The molecule has 0 spiro atoms. The molecule has 0 bridgehead atoms. The van der Waals surface area contributed by atoms with Gasteiger partial charge in [-0.25, -0.2) is 0 Å². The Kier molecular flexibility index (Phi) is 4.30. The lowest BCUT2D eigenvalue weighted by atomic mass is 10.1. The summed E-state index contributed by atoms with van der Waals surface area (Å²) in [6.07, 6.45) is 0.602. The van der Waals surface area contributed by atoms with Crippen LogP contribution in [0, 0.1) is 0 Å². The summed E-state index contributed by atoms with van der Waals surface area (Å²) in [5, 5.41) is 8.09. The second-order valence-electron chi connectivity index (χ2n) is 4.90. The Morgan fingerprint density at radius 1 is 1.25 bits per heavy atom. The van der Waals surface area contributed by atoms with E-state index in [2.05, 4.69) is 20.4 Å². The summed E-state index contributed by atoms with van der Waals surface area (Å²) < 4.78 is 5.31. The Bertz CT molecular complexity index is 566. The molecule has 0 atom stereocenters. The van der Waals surface area contributed by atoms with E-state index in [-0.39, 0.29) is 0 Å². The quantitative estimate of drug-likeness (QED) is 0.930. The van der Waals surface area contributed by atoms with Crippen molar-refractivity contribution < 1.29 is 4.52 Å². The van der Waals surface area contributed by atoms with Crippen molar-refractivity contribution in [1.82, 2.24) is 20.4 Å². The van der Waals surface area contributed by atoms with Gasteiger partial charge in [0, 0.05) is 37.6 Å². The molecule has 2 aromatic rings. The second-order valence-corrected chi connectivity index (χ2v) is 5.31. The van der Waals surface area contributed by atoms with Crippen LogP contribution >= 0.6 is 11.6 Å². The van der Waals surface area contributed by atoms with Crippen molar-refractivity contribution >= 4 is 11.6 Å². The SMILES string of the molecule is Clc1ccccc1Cc1noc(CN2CCNCC2)n1. The van der Waals surface area contributed by atoms with Crippen LogP contribution in [-0.2, 0) is 13.0 Å². The van der Waals surface area contributed by atoms with Gasteiger partial charge in [0.2, 0.25) is 5.89 Å². The summed E-state index contributed by atoms with van der Waals surface area (Å²) in [7, 11) is 0. The van der Waals surface area contributed by atoms with E-state index in [4.69, 9.17) is 16.1 Å². The number of hydrogen-bond acceptors (Lipinski definition) is 5. The molecule has 20 heavy (non-hydrogen) atoms. The van der Waals surface area contributed by atoms with Gasteiger partial charge in [-0.15, -0.1) is 0 Å². The molecular weight excluding hydrogens is 276 g/mol. The van der Waals surface area contributed by atoms with Crippen LogP contribution in [-0.4, -0.2) is 41.2 Å². The molecular formula is C14H17ClN4O. The molecule has 0 aliphatic carbocycles. The molecule has 0 radical (unpaired) electrons. The standard InChI is InChI=1S/C14H17ClN4O/c15-12-4-2-1-3-11(12)9-13-17-14(20-18-13)10-19-7-5-16-6-8-19/h1-4,16H,5-10H2. The van der Waals surface area contributed by atoms with Gasteiger partial charge in [-0.1, -0.05) is 35.0 Å². The van der Waals surface area contributed by atoms with Crippen LogP contribution in [0.25, 0.3) is 0 Å². The number of nitrogens with one attached hydrogen (secondary N) is 1. The first-order valence-electron chi connectivity index (χ1n) is 6.79. The van der Waals surface area contributed by atoms with Gasteiger partial charge in [-0.2, -0.15) is 4.98 Å². The molecule has 106 valence electrons. The highest BCUT2D eigenvalue weighted by Gasteiger charge is 2.14. The summed E-state index contributed by atoms with van der Waals surface area (Å²) in [5.74, 6) is 1.36. The number of benzene rings is 1. The highest BCUT2D eigenvalue weighted by atomic mass is 35.5. The van der Waals surface area contributed by atoms with E-state index in [9.17, 15) is 0 Å². The third-order valence-corrected chi connectivity index (χ3v) is 3.75. The number of halogens is 1. The summed E-state index contributed by atoms with van der Waals surface area (Å²) in [6, 6.07) is 7.73. The van der Waals surface area contributed by atoms with Crippen molar-refractivity contribution in [1.29, 1.82) is 0 Å². The van der Waals surface area contributed by atoms with Gasteiger partial charge in [0.15, 0.2) is 5.82 Å². The summed E-state index contributed by atoms with van der Waals surface area (Å²) in [4.78, 5) is 6.75. The van der Waals surface area contributed by atoms with Crippen molar-refractivity contribution in [2.75, 3.05) is 26.2 Å². The minimum absolute atomic E-state index is 0.602. The topological polar surface area (TPSA) is 54.2 Å². The third kappa shape index (κ3) is 3.36. The Morgan fingerprint density at radius 2 is 2.05 bits per heavy atom. The molecule has 1 aliphatic rings. The average Bonchev–Trinajstić information content (AvgIpc) is 2.90. The zero-order valence-corrected chi connectivity index (χ0v) is 11.9. The van der Waals surface area contributed by atoms with Crippen LogP contribution in [0.4, 0.5) is 0 Å². The van der Waals surface area contributed by atoms with Crippen LogP contribution in [0.3, 0.4) is 0 Å². The molecule has 0 unspecified atom stereocenters. The minimum Gasteiger partial charge on any atom is -0.338 e. The van der Waals surface area contributed by atoms with Gasteiger partial charge < -0.3 is 9.84 Å². The number of piperazine rings is 1. The molecule has 5 nitrogen and oxygen atoms in total. The maximum Gasteiger partial charge on any atom is 0.240 e. The van der Waals surface area contributed by atoms with Crippen LogP contribution in [0.5, 0.6) is 0 Å². The van der Waals surface area contributed by atoms with Crippen molar-refractivity contribution in [3.05, 3.63) is 46.6 Å². The van der Waals surface area contributed by atoms with E-state index in [1.165, 1.54) is 0 Å². The predicted octanol–water partition coefficient (Wildman–Crippen LogP) is 1.72. The van der Waals surface area contributed by atoms with Crippen LogP contribution in [0.1, 0.15) is 17.3 Å². The predicted molar refractivity (Wildman–Crippen MR) is 76.7 cm³/mol. The van der Waals surface area contributed by atoms with E-state index >= 15 is 0 Å². The first kappa shape index (κ1) is 13.5. The molecule has 1 fully saturated rings. The normalized spacial score (nSPS) is 16.4. The fourth-order valence-corrected chi connectivity index (χ4v) is 2.50. The molecule has 1 N–H and O–H groups in total. The monoisotopic (exact) mass is 292 g/mol. The van der Waals surface area contributed by atoms with Gasteiger partial charge in [-0.3, -0.25) is 4.90 Å². The second kappa shape index (κ2) is 6.35. The minimum atomic E-state index is 0.602. The lowest BCUT2D eigenvalue weighted by Gasteiger charge is -2.25. The fourth-order valence-electron chi connectivity index (χ4n) is 2.30. The zero-order chi connectivity index (χ0) is 13.8. The van der Waals surface area contributed by atoms with E-state index in [0.717, 1.165) is 43.3 Å². The van der Waals surface area contributed by atoms with E-state index < -0.39 is 0 Å². The van der Waals surface area contributed by atoms with E-state index in [1.807, 2.05) is 24.3 Å². The Hall–Kier alpha value is -1.43. The first-order valence-corrected chi connectivity index (χ1v) is 7.17. The van der Waals surface area contributed by atoms with E-state index in [0.29, 0.717) is 18.1 Å². The van der Waals surface area contributed by atoms with Gasteiger partial charge in [-0.05, 0) is 11.6 Å². The molecule has 0 amide bonds. The molecule has 2 heterocycles. The molecule has 0 saturated carbocycles. The summed E-state index contributed by atoms with van der Waals surface area (Å²) in [6.45, 7) is 4.78. The summed E-state index contributed by atoms with van der Waals surface area (Å²) in [5.41, 5.74) is 1.02. The molecule has 6 heteroatoms. The Labute approximate surface area is 122 Å². The molecule has 1 aliphatic heterocycles. The van der Waals surface area contributed by atoms with E-state index in [1.54, 1.807) is 0 Å². The zero-order valence-electron chi connectivity index (χ0n) is 11.2. The maximum absolute atomic E-state index is 6.14.